The Bertz CT molecular complexity index is 815. The summed E-state index contributed by atoms with van der Waals surface area (Å²) in [5.41, 5.74) is 1.46. The van der Waals surface area contributed by atoms with Crippen molar-refractivity contribution in [3.05, 3.63) is 57.8 Å². The molecular formula is C23H31N3O3S. The van der Waals surface area contributed by atoms with Crippen molar-refractivity contribution in [3.63, 3.8) is 0 Å². The van der Waals surface area contributed by atoms with Crippen molar-refractivity contribution in [2.45, 2.75) is 32.4 Å². The van der Waals surface area contributed by atoms with Gasteiger partial charge in [-0.25, -0.2) is 9.59 Å². The first-order valence-corrected chi connectivity index (χ1v) is 11.3. The highest BCUT2D eigenvalue weighted by Crippen LogP contribution is 2.29. The van der Waals surface area contributed by atoms with Crippen molar-refractivity contribution >= 4 is 23.3 Å². The molecule has 1 atom stereocenters. The van der Waals surface area contributed by atoms with E-state index >= 15 is 0 Å². The monoisotopic (exact) mass is 429 g/mol. The van der Waals surface area contributed by atoms with Crippen LogP contribution >= 0.6 is 11.3 Å². The number of methoxy groups -OCH3 is 1. The zero-order valence-corrected chi connectivity index (χ0v) is 18.8. The largest absolute Gasteiger partial charge is 0.465 e. The molecule has 0 aliphatic carbocycles. The smallest absolute Gasteiger partial charge is 0.337 e. The topological polar surface area (TPSA) is 61.9 Å². The Morgan fingerprint density at radius 2 is 1.93 bits per heavy atom. The number of urea groups is 1. The molecular weight excluding hydrogens is 398 g/mol. The normalized spacial score (nSPS) is 16.1. The number of esters is 1. The van der Waals surface area contributed by atoms with Crippen molar-refractivity contribution in [3.8, 4) is 0 Å². The number of amides is 2. The number of nitrogens with zero attached hydrogens (tertiary/aromatic N) is 2. The number of carbonyl (C=O) groups is 2. The maximum Gasteiger partial charge on any atom is 0.337 e. The van der Waals surface area contributed by atoms with Gasteiger partial charge >= 0.3 is 12.0 Å². The van der Waals surface area contributed by atoms with Gasteiger partial charge < -0.3 is 15.0 Å². The Labute approximate surface area is 182 Å². The minimum atomic E-state index is -0.362. The lowest BCUT2D eigenvalue weighted by Crippen LogP contribution is -2.44. The van der Waals surface area contributed by atoms with Gasteiger partial charge in [0.25, 0.3) is 0 Å². The molecule has 0 bridgehead atoms. The van der Waals surface area contributed by atoms with E-state index < -0.39 is 0 Å². The highest BCUT2D eigenvalue weighted by atomic mass is 32.1. The molecule has 2 amide bonds. The van der Waals surface area contributed by atoms with Crippen LogP contribution in [0.15, 0.2) is 41.8 Å². The summed E-state index contributed by atoms with van der Waals surface area (Å²) in [6.07, 6.45) is 2.41. The van der Waals surface area contributed by atoms with E-state index in [0.29, 0.717) is 18.7 Å². The molecule has 0 spiro atoms. The third-order valence-corrected chi connectivity index (χ3v) is 6.69. The molecule has 6 nitrogen and oxygen atoms in total. The highest BCUT2D eigenvalue weighted by molar-refractivity contribution is 7.10. The van der Waals surface area contributed by atoms with Crippen LogP contribution in [0.5, 0.6) is 0 Å². The summed E-state index contributed by atoms with van der Waals surface area (Å²) in [6.45, 7) is 5.52. The van der Waals surface area contributed by atoms with Crippen LogP contribution in [-0.2, 0) is 11.3 Å². The second-order valence-electron chi connectivity index (χ2n) is 7.98. The van der Waals surface area contributed by atoms with Gasteiger partial charge in [0.05, 0.1) is 18.7 Å². The number of thiophene rings is 1. The van der Waals surface area contributed by atoms with Crippen molar-refractivity contribution < 1.29 is 14.3 Å². The molecule has 162 valence electrons. The number of rotatable bonds is 7. The van der Waals surface area contributed by atoms with Crippen LogP contribution in [0.2, 0.25) is 0 Å². The van der Waals surface area contributed by atoms with E-state index in [9.17, 15) is 9.59 Å². The maximum atomic E-state index is 12.7. The predicted octanol–water partition coefficient (Wildman–Crippen LogP) is 4.15. The molecule has 1 aliphatic heterocycles. The van der Waals surface area contributed by atoms with Gasteiger partial charge in [-0.05, 0) is 61.0 Å². The number of hydrogen-bond donors (Lipinski definition) is 1. The number of carbonyl (C=O) groups excluding carboxylic acids is 2. The Hall–Kier alpha value is -2.38. The van der Waals surface area contributed by atoms with Crippen LogP contribution in [-0.4, -0.2) is 55.6 Å². The Morgan fingerprint density at radius 3 is 2.53 bits per heavy atom. The predicted molar refractivity (Wildman–Crippen MR) is 120 cm³/mol. The van der Waals surface area contributed by atoms with Crippen molar-refractivity contribution in [2.24, 2.45) is 5.92 Å². The first kappa shape index (κ1) is 22.3. The van der Waals surface area contributed by atoms with Crippen LogP contribution in [0.3, 0.4) is 0 Å². The van der Waals surface area contributed by atoms with Crippen LogP contribution < -0.4 is 5.32 Å². The number of nitrogens with one attached hydrogen (secondary N) is 1. The molecule has 0 saturated carbocycles. The molecule has 1 aromatic heterocycles. The van der Waals surface area contributed by atoms with E-state index in [-0.39, 0.29) is 18.0 Å². The van der Waals surface area contributed by atoms with E-state index in [1.165, 1.54) is 24.8 Å². The SMILES string of the molecule is COC(=O)c1ccc(CN(C)C(=O)NCC(c2cccs2)N2CCC(C)CC2)cc1. The quantitative estimate of drug-likeness (QED) is 0.672. The van der Waals surface area contributed by atoms with Gasteiger partial charge in [0.15, 0.2) is 0 Å². The summed E-state index contributed by atoms with van der Waals surface area (Å²) in [6, 6.07) is 11.5. The second-order valence-corrected chi connectivity index (χ2v) is 8.96. The van der Waals surface area contributed by atoms with Gasteiger partial charge in [-0.3, -0.25) is 4.90 Å². The zero-order chi connectivity index (χ0) is 21.5. The van der Waals surface area contributed by atoms with Crippen LogP contribution in [0, 0.1) is 5.92 Å². The first-order chi connectivity index (χ1) is 14.5. The molecule has 7 heteroatoms. The molecule has 2 heterocycles. The molecule has 0 radical (unpaired) electrons. The maximum absolute atomic E-state index is 12.7. The van der Waals surface area contributed by atoms with Crippen molar-refractivity contribution in [1.29, 1.82) is 0 Å². The van der Waals surface area contributed by atoms with Gasteiger partial charge in [0, 0.05) is 25.0 Å². The number of hydrogen-bond acceptors (Lipinski definition) is 5. The molecule has 1 aliphatic rings. The average Bonchev–Trinajstić information content (AvgIpc) is 3.29. The summed E-state index contributed by atoms with van der Waals surface area (Å²) in [4.78, 5) is 29.7. The van der Waals surface area contributed by atoms with Gasteiger partial charge in [0.2, 0.25) is 0 Å². The summed E-state index contributed by atoms with van der Waals surface area (Å²) in [5.74, 6) is 0.413. The van der Waals surface area contributed by atoms with Gasteiger partial charge in [-0.1, -0.05) is 25.1 Å². The molecule has 2 aromatic rings. The molecule has 1 unspecified atom stereocenters. The van der Waals surface area contributed by atoms with Gasteiger partial charge in [-0.2, -0.15) is 0 Å². The van der Waals surface area contributed by atoms with Gasteiger partial charge in [0.1, 0.15) is 0 Å². The summed E-state index contributed by atoms with van der Waals surface area (Å²) in [7, 11) is 3.15. The molecule has 3 rings (SSSR count). The Kier molecular flexibility index (Phi) is 7.87. The molecule has 1 fully saturated rings. The van der Waals surface area contributed by atoms with Crippen LogP contribution in [0.1, 0.15) is 46.6 Å². The highest BCUT2D eigenvalue weighted by Gasteiger charge is 2.26. The fourth-order valence-corrected chi connectivity index (χ4v) is 4.62. The lowest BCUT2D eigenvalue weighted by atomic mass is 9.97. The third-order valence-electron chi connectivity index (χ3n) is 5.72. The molecule has 1 aromatic carbocycles. The van der Waals surface area contributed by atoms with E-state index in [1.807, 2.05) is 12.1 Å². The van der Waals surface area contributed by atoms with Crippen LogP contribution in [0.25, 0.3) is 0 Å². The minimum absolute atomic E-state index is 0.0982. The van der Waals surface area contributed by atoms with Crippen LogP contribution in [0.4, 0.5) is 4.79 Å². The molecule has 1 N–H and O–H groups in total. The van der Waals surface area contributed by atoms with E-state index in [4.69, 9.17) is 4.74 Å². The number of likely N-dealkylation sites (tertiary alicyclic amines) is 1. The van der Waals surface area contributed by atoms with Crippen molar-refractivity contribution in [1.82, 2.24) is 15.1 Å². The van der Waals surface area contributed by atoms with E-state index in [1.54, 1.807) is 35.4 Å². The van der Waals surface area contributed by atoms with E-state index in [0.717, 1.165) is 24.6 Å². The lowest BCUT2D eigenvalue weighted by molar-refractivity contribution is 0.0600. The lowest BCUT2D eigenvalue weighted by Gasteiger charge is -2.36. The summed E-state index contributed by atoms with van der Waals surface area (Å²) < 4.78 is 4.72. The summed E-state index contributed by atoms with van der Waals surface area (Å²) in [5, 5.41) is 5.21. The first-order valence-electron chi connectivity index (χ1n) is 10.4. The Balaban J connectivity index is 1.56. The average molecular weight is 430 g/mol. The zero-order valence-electron chi connectivity index (χ0n) is 18.0. The summed E-state index contributed by atoms with van der Waals surface area (Å²) >= 11 is 1.75. The molecule has 30 heavy (non-hydrogen) atoms. The Morgan fingerprint density at radius 1 is 1.23 bits per heavy atom. The number of benzene rings is 1. The van der Waals surface area contributed by atoms with E-state index in [2.05, 4.69) is 34.7 Å². The van der Waals surface area contributed by atoms with Crippen molar-refractivity contribution in [2.75, 3.05) is 33.8 Å². The standard InChI is InChI=1S/C23H31N3O3S/c1-17-10-12-26(13-11-17)20(21-5-4-14-30-21)15-24-23(28)25(2)16-18-6-8-19(9-7-18)22(27)29-3/h4-9,14,17,20H,10-13,15-16H2,1-3H3,(H,24,28). The number of piperidine rings is 1. The molecule has 1 saturated heterocycles. The fraction of sp³-hybridized carbons (Fsp3) is 0.478. The van der Waals surface area contributed by atoms with Gasteiger partial charge in [-0.15, -0.1) is 11.3 Å². The third kappa shape index (κ3) is 5.83. The fourth-order valence-electron chi connectivity index (χ4n) is 3.76. The number of ether oxygens (including phenoxy) is 1. The minimum Gasteiger partial charge on any atom is -0.465 e. The second kappa shape index (κ2) is 10.6.